The number of carbonyl (C=O) groups is 1. The van der Waals surface area contributed by atoms with Crippen LogP contribution in [0.5, 0.6) is 0 Å². The summed E-state index contributed by atoms with van der Waals surface area (Å²) in [5, 5.41) is 3.16. The molecule has 2 rings (SSSR count). The summed E-state index contributed by atoms with van der Waals surface area (Å²) in [6, 6.07) is 7.96. The normalized spacial score (nSPS) is 16.0. The molecule has 24 heavy (non-hydrogen) atoms. The zero-order valence-corrected chi connectivity index (χ0v) is 16.3. The lowest BCUT2D eigenvalue weighted by Crippen LogP contribution is -2.45. The van der Waals surface area contributed by atoms with E-state index in [-0.39, 0.29) is 36.8 Å². The Morgan fingerprint density at radius 1 is 1.25 bits per heavy atom. The molecule has 1 aromatic rings. The molecular formula is C18H31Cl2N3O. The molecule has 1 aliphatic carbocycles. The minimum Gasteiger partial charge on any atom is -0.348 e. The first-order chi connectivity index (χ1) is 10.6. The molecule has 6 heteroatoms. The average molecular weight is 376 g/mol. The molecule has 1 unspecified atom stereocenters. The van der Waals surface area contributed by atoms with Crippen molar-refractivity contribution in [2.45, 2.75) is 44.7 Å². The van der Waals surface area contributed by atoms with Crippen LogP contribution in [0, 0.1) is 5.92 Å². The van der Waals surface area contributed by atoms with Crippen LogP contribution in [-0.2, 0) is 6.54 Å². The van der Waals surface area contributed by atoms with Crippen LogP contribution < -0.4 is 11.1 Å². The van der Waals surface area contributed by atoms with E-state index in [1.807, 2.05) is 32.3 Å². The van der Waals surface area contributed by atoms with Gasteiger partial charge in [0.25, 0.3) is 5.91 Å². The van der Waals surface area contributed by atoms with Crippen LogP contribution in [0.3, 0.4) is 0 Å². The van der Waals surface area contributed by atoms with Gasteiger partial charge in [0.15, 0.2) is 0 Å². The van der Waals surface area contributed by atoms with E-state index in [1.54, 1.807) is 0 Å². The molecule has 0 heterocycles. The maximum Gasteiger partial charge on any atom is 0.251 e. The second kappa shape index (κ2) is 11.7. The number of nitrogens with one attached hydrogen (secondary N) is 1. The molecule has 0 radical (unpaired) electrons. The van der Waals surface area contributed by atoms with Gasteiger partial charge in [0.1, 0.15) is 0 Å². The van der Waals surface area contributed by atoms with Crippen molar-refractivity contribution in [1.29, 1.82) is 0 Å². The summed E-state index contributed by atoms with van der Waals surface area (Å²) < 4.78 is 0. The predicted molar refractivity (Wildman–Crippen MR) is 105 cm³/mol. The van der Waals surface area contributed by atoms with Crippen molar-refractivity contribution >= 4 is 30.7 Å². The Morgan fingerprint density at radius 3 is 2.50 bits per heavy atom. The third-order valence-corrected chi connectivity index (χ3v) is 4.48. The van der Waals surface area contributed by atoms with Gasteiger partial charge in [-0.25, -0.2) is 0 Å². The zero-order chi connectivity index (χ0) is 15.9. The number of rotatable bonds is 6. The van der Waals surface area contributed by atoms with Crippen molar-refractivity contribution in [1.82, 2.24) is 10.2 Å². The highest BCUT2D eigenvalue weighted by Gasteiger charge is 2.24. The van der Waals surface area contributed by atoms with Crippen LogP contribution in [0.2, 0.25) is 0 Å². The van der Waals surface area contributed by atoms with Crippen molar-refractivity contribution in [2.75, 3.05) is 20.6 Å². The Kier molecular flexibility index (Phi) is 11.3. The van der Waals surface area contributed by atoms with Crippen molar-refractivity contribution in [3.8, 4) is 0 Å². The van der Waals surface area contributed by atoms with Crippen molar-refractivity contribution in [2.24, 2.45) is 11.7 Å². The van der Waals surface area contributed by atoms with Crippen LogP contribution in [0.4, 0.5) is 0 Å². The number of hydrogen-bond acceptors (Lipinski definition) is 3. The fraction of sp³-hybridized carbons (Fsp3) is 0.611. The summed E-state index contributed by atoms with van der Waals surface area (Å²) in [6.07, 6.45) is 6.20. The van der Waals surface area contributed by atoms with Gasteiger partial charge in [-0.2, -0.15) is 0 Å². The minimum absolute atomic E-state index is 0. The highest BCUT2D eigenvalue weighted by atomic mass is 35.5. The molecule has 1 amide bonds. The van der Waals surface area contributed by atoms with Crippen LogP contribution >= 0.6 is 24.8 Å². The second-order valence-electron chi connectivity index (χ2n) is 6.65. The van der Waals surface area contributed by atoms with Gasteiger partial charge in [0, 0.05) is 24.7 Å². The smallest absolute Gasteiger partial charge is 0.251 e. The molecule has 1 fully saturated rings. The van der Waals surface area contributed by atoms with E-state index in [2.05, 4.69) is 16.3 Å². The van der Waals surface area contributed by atoms with Crippen LogP contribution in [0.1, 0.15) is 48.0 Å². The lowest BCUT2D eigenvalue weighted by atomic mass is 9.84. The van der Waals surface area contributed by atoms with Crippen molar-refractivity contribution in [3.05, 3.63) is 35.4 Å². The highest BCUT2D eigenvalue weighted by molar-refractivity contribution is 5.94. The molecule has 0 saturated heterocycles. The van der Waals surface area contributed by atoms with Crippen LogP contribution in [-0.4, -0.2) is 37.5 Å². The van der Waals surface area contributed by atoms with Crippen molar-refractivity contribution < 1.29 is 4.79 Å². The van der Waals surface area contributed by atoms with Gasteiger partial charge in [-0.3, -0.25) is 4.79 Å². The summed E-state index contributed by atoms with van der Waals surface area (Å²) in [5.41, 5.74) is 7.79. The van der Waals surface area contributed by atoms with E-state index in [0.29, 0.717) is 12.5 Å². The van der Waals surface area contributed by atoms with Crippen LogP contribution in [0.25, 0.3) is 0 Å². The molecular weight excluding hydrogens is 345 g/mol. The lowest BCUT2D eigenvalue weighted by molar-refractivity contribution is 0.0915. The maximum atomic E-state index is 12.5. The molecule has 1 atom stereocenters. The van der Waals surface area contributed by atoms with Crippen molar-refractivity contribution in [3.63, 3.8) is 0 Å². The predicted octanol–water partition coefficient (Wildman–Crippen LogP) is 3.23. The molecule has 3 N–H and O–H groups in total. The maximum absolute atomic E-state index is 12.5. The van der Waals surface area contributed by atoms with E-state index in [0.717, 1.165) is 17.7 Å². The topological polar surface area (TPSA) is 58.4 Å². The number of nitrogens with two attached hydrogens (primary N) is 1. The fourth-order valence-electron chi connectivity index (χ4n) is 3.33. The van der Waals surface area contributed by atoms with E-state index in [4.69, 9.17) is 5.73 Å². The van der Waals surface area contributed by atoms with E-state index >= 15 is 0 Å². The van der Waals surface area contributed by atoms with Gasteiger partial charge in [0.05, 0.1) is 0 Å². The zero-order valence-electron chi connectivity index (χ0n) is 14.7. The SMILES string of the molecule is CN(C)Cc1cccc(C(=O)NC(CN)C2CCCCC2)c1.Cl.Cl. The van der Waals surface area contributed by atoms with E-state index in [9.17, 15) is 4.79 Å². The Bertz CT molecular complexity index is 491. The highest BCUT2D eigenvalue weighted by Crippen LogP contribution is 2.26. The van der Waals surface area contributed by atoms with Gasteiger partial charge in [-0.1, -0.05) is 31.4 Å². The second-order valence-corrected chi connectivity index (χ2v) is 6.65. The summed E-state index contributed by atoms with van der Waals surface area (Å²) >= 11 is 0. The number of halogens is 2. The molecule has 0 aromatic heterocycles. The molecule has 0 bridgehead atoms. The first-order valence-corrected chi connectivity index (χ1v) is 8.34. The van der Waals surface area contributed by atoms with E-state index < -0.39 is 0 Å². The Hall–Kier alpha value is -0.810. The first-order valence-electron chi connectivity index (χ1n) is 8.34. The monoisotopic (exact) mass is 375 g/mol. The van der Waals surface area contributed by atoms with E-state index in [1.165, 1.54) is 32.1 Å². The number of carbonyl (C=O) groups excluding carboxylic acids is 1. The molecule has 1 aromatic carbocycles. The summed E-state index contributed by atoms with van der Waals surface area (Å²) in [7, 11) is 4.06. The molecule has 138 valence electrons. The first kappa shape index (κ1) is 23.2. The quantitative estimate of drug-likeness (QED) is 0.802. The van der Waals surface area contributed by atoms with Gasteiger partial charge in [0.2, 0.25) is 0 Å². The molecule has 0 aliphatic heterocycles. The average Bonchev–Trinajstić information content (AvgIpc) is 2.53. The summed E-state index contributed by atoms with van der Waals surface area (Å²) in [5.74, 6) is 0.536. The third kappa shape index (κ3) is 6.98. The Labute approximate surface area is 158 Å². The minimum atomic E-state index is 0. The summed E-state index contributed by atoms with van der Waals surface area (Å²) in [4.78, 5) is 14.6. The fourth-order valence-corrected chi connectivity index (χ4v) is 3.33. The molecule has 1 aliphatic rings. The number of hydrogen-bond donors (Lipinski definition) is 2. The standard InChI is InChI=1S/C18H29N3O.2ClH/c1-21(2)13-14-7-6-10-16(11-14)18(22)20-17(12-19)15-8-4-3-5-9-15;;/h6-7,10-11,15,17H,3-5,8-9,12-13,19H2,1-2H3,(H,20,22);2*1H. The number of nitrogens with zero attached hydrogens (tertiary/aromatic N) is 1. The molecule has 0 spiro atoms. The molecule has 1 saturated carbocycles. The van der Waals surface area contributed by atoms with Gasteiger partial charge in [-0.05, 0) is 50.6 Å². The molecule has 4 nitrogen and oxygen atoms in total. The third-order valence-electron chi connectivity index (χ3n) is 4.48. The lowest BCUT2D eigenvalue weighted by Gasteiger charge is -2.30. The Morgan fingerprint density at radius 2 is 1.92 bits per heavy atom. The van der Waals surface area contributed by atoms with Crippen LogP contribution in [0.15, 0.2) is 24.3 Å². The number of benzene rings is 1. The Balaban J connectivity index is 0.00000264. The summed E-state index contributed by atoms with van der Waals surface area (Å²) in [6.45, 7) is 1.36. The van der Waals surface area contributed by atoms with Gasteiger partial charge in [-0.15, -0.1) is 24.8 Å². The largest absolute Gasteiger partial charge is 0.348 e. The van der Waals surface area contributed by atoms with Gasteiger partial charge >= 0.3 is 0 Å². The van der Waals surface area contributed by atoms with Gasteiger partial charge < -0.3 is 16.0 Å². The number of amides is 1.